The lowest BCUT2D eigenvalue weighted by Crippen LogP contribution is -2.09. The van der Waals surface area contributed by atoms with Crippen LogP contribution in [0.15, 0.2) is 29.4 Å². The predicted molar refractivity (Wildman–Crippen MR) is 77.6 cm³/mol. The second kappa shape index (κ2) is 6.29. The molecule has 0 fully saturated rings. The lowest BCUT2D eigenvalue weighted by molar-refractivity contribution is -0.141. The van der Waals surface area contributed by atoms with E-state index in [2.05, 4.69) is 15.5 Å². The number of hydrazone groups is 1. The minimum Gasteiger partial charge on any atom is -0.466 e. The van der Waals surface area contributed by atoms with Gasteiger partial charge in [-0.05, 0) is 26.0 Å². The quantitative estimate of drug-likeness (QED) is 0.518. The normalized spacial score (nSPS) is 11.6. The number of hydrogen-bond acceptors (Lipinski definition) is 6. The number of para-hydroxylation sites is 1. The van der Waals surface area contributed by atoms with E-state index < -0.39 is 0 Å². The highest BCUT2D eigenvalue weighted by Gasteiger charge is 2.05. The number of carbonyl (C=O) groups is 1. The molecular formula is C13H15N3O2S. The third-order valence-corrected chi connectivity index (χ3v) is 3.28. The molecule has 1 N–H and O–H groups in total. The Hall–Kier alpha value is -1.95. The Balaban J connectivity index is 1.99. The molecule has 6 heteroatoms. The van der Waals surface area contributed by atoms with E-state index in [1.165, 1.54) is 11.3 Å². The maximum absolute atomic E-state index is 11.3. The predicted octanol–water partition coefficient (Wildman–Crippen LogP) is 3.04. The van der Waals surface area contributed by atoms with E-state index in [4.69, 9.17) is 4.74 Å². The van der Waals surface area contributed by atoms with Gasteiger partial charge in [0.05, 0.1) is 23.2 Å². The Bertz CT molecular complexity index is 574. The van der Waals surface area contributed by atoms with Crippen LogP contribution in [0.2, 0.25) is 0 Å². The van der Waals surface area contributed by atoms with Crippen molar-refractivity contribution >= 4 is 38.4 Å². The van der Waals surface area contributed by atoms with Crippen LogP contribution in [-0.2, 0) is 9.53 Å². The van der Waals surface area contributed by atoms with E-state index in [-0.39, 0.29) is 12.4 Å². The molecule has 1 heterocycles. The van der Waals surface area contributed by atoms with Crippen LogP contribution < -0.4 is 5.43 Å². The first kappa shape index (κ1) is 13.5. The molecule has 0 radical (unpaired) electrons. The number of nitrogens with zero attached hydrogens (tertiary/aromatic N) is 2. The smallest absolute Gasteiger partial charge is 0.311 e. The van der Waals surface area contributed by atoms with E-state index in [9.17, 15) is 4.79 Å². The lowest BCUT2D eigenvalue weighted by Gasteiger charge is -2.01. The Kier molecular flexibility index (Phi) is 4.46. The fourth-order valence-electron chi connectivity index (χ4n) is 1.52. The molecule has 5 nitrogen and oxygen atoms in total. The summed E-state index contributed by atoms with van der Waals surface area (Å²) in [5.74, 6) is -0.269. The first-order chi connectivity index (χ1) is 9.19. The van der Waals surface area contributed by atoms with Crippen LogP contribution >= 0.6 is 11.3 Å². The largest absolute Gasteiger partial charge is 0.466 e. The molecule has 0 amide bonds. The minimum absolute atomic E-state index is 0.186. The van der Waals surface area contributed by atoms with Gasteiger partial charge in [0.2, 0.25) is 5.13 Å². The van der Waals surface area contributed by atoms with Gasteiger partial charge in [-0.15, -0.1) is 0 Å². The number of nitrogens with one attached hydrogen (secondary N) is 1. The topological polar surface area (TPSA) is 63.6 Å². The van der Waals surface area contributed by atoms with Crippen molar-refractivity contribution in [2.75, 3.05) is 12.0 Å². The lowest BCUT2D eigenvalue weighted by atomic mass is 10.3. The second-order valence-electron chi connectivity index (χ2n) is 3.93. The SMILES string of the molecule is CCOC(=O)CC(C)=NNc1nc2ccccc2s1. The van der Waals surface area contributed by atoms with Crippen molar-refractivity contribution in [2.24, 2.45) is 5.10 Å². The molecule has 1 aromatic carbocycles. The number of aromatic nitrogens is 1. The van der Waals surface area contributed by atoms with Crippen LogP contribution in [0.4, 0.5) is 5.13 Å². The molecule has 0 aliphatic heterocycles. The first-order valence-corrected chi connectivity index (χ1v) is 6.81. The van der Waals surface area contributed by atoms with Gasteiger partial charge in [-0.1, -0.05) is 23.5 Å². The summed E-state index contributed by atoms with van der Waals surface area (Å²) in [6, 6.07) is 7.88. The number of anilines is 1. The molecule has 0 unspecified atom stereocenters. The van der Waals surface area contributed by atoms with E-state index in [1.54, 1.807) is 13.8 Å². The molecule has 0 atom stereocenters. The minimum atomic E-state index is -0.269. The highest BCUT2D eigenvalue weighted by atomic mass is 32.1. The van der Waals surface area contributed by atoms with Crippen LogP contribution in [0, 0.1) is 0 Å². The molecule has 0 aliphatic carbocycles. The number of thiazole rings is 1. The van der Waals surface area contributed by atoms with Gasteiger partial charge in [0.25, 0.3) is 0 Å². The zero-order valence-corrected chi connectivity index (χ0v) is 11.7. The van der Waals surface area contributed by atoms with Gasteiger partial charge in [-0.2, -0.15) is 5.10 Å². The van der Waals surface area contributed by atoms with Gasteiger partial charge in [0.1, 0.15) is 0 Å². The van der Waals surface area contributed by atoms with Crippen molar-refractivity contribution in [2.45, 2.75) is 20.3 Å². The van der Waals surface area contributed by atoms with Crippen LogP contribution in [0.5, 0.6) is 0 Å². The number of esters is 1. The molecule has 0 bridgehead atoms. The van der Waals surface area contributed by atoms with Crippen molar-refractivity contribution in [3.05, 3.63) is 24.3 Å². The van der Waals surface area contributed by atoms with Crippen molar-refractivity contribution in [3.8, 4) is 0 Å². The molecule has 1 aromatic heterocycles. The molecule has 0 spiro atoms. The van der Waals surface area contributed by atoms with Gasteiger partial charge in [0.15, 0.2) is 0 Å². The summed E-state index contributed by atoms with van der Waals surface area (Å²) in [5.41, 5.74) is 4.47. The van der Waals surface area contributed by atoms with Crippen molar-refractivity contribution in [1.29, 1.82) is 0 Å². The number of ether oxygens (including phenoxy) is 1. The molecule has 0 aliphatic rings. The van der Waals surface area contributed by atoms with E-state index in [1.807, 2.05) is 24.3 Å². The Morgan fingerprint density at radius 2 is 2.26 bits per heavy atom. The molecule has 2 aromatic rings. The monoisotopic (exact) mass is 277 g/mol. The first-order valence-electron chi connectivity index (χ1n) is 5.99. The van der Waals surface area contributed by atoms with Crippen LogP contribution in [0.1, 0.15) is 20.3 Å². The van der Waals surface area contributed by atoms with Gasteiger partial charge in [-0.25, -0.2) is 4.98 Å². The summed E-state index contributed by atoms with van der Waals surface area (Å²) < 4.78 is 5.95. The highest BCUT2D eigenvalue weighted by Crippen LogP contribution is 2.25. The average Bonchev–Trinajstić information content (AvgIpc) is 2.79. The van der Waals surface area contributed by atoms with Crippen molar-refractivity contribution < 1.29 is 9.53 Å². The molecule has 0 saturated heterocycles. The summed E-state index contributed by atoms with van der Waals surface area (Å²) in [7, 11) is 0. The van der Waals surface area contributed by atoms with Gasteiger partial charge in [0, 0.05) is 5.71 Å². The Labute approximate surface area is 115 Å². The van der Waals surface area contributed by atoms with Gasteiger partial charge >= 0.3 is 5.97 Å². The standard InChI is InChI=1S/C13H15N3O2S/c1-3-18-12(17)8-9(2)15-16-13-14-10-6-4-5-7-11(10)19-13/h4-7H,3,8H2,1-2H3,(H,14,16). The van der Waals surface area contributed by atoms with Crippen molar-refractivity contribution in [3.63, 3.8) is 0 Å². The number of benzene rings is 1. The zero-order chi connectivity index (χ0) is 13.7. The summed E-state index contributed by atoms with van der Waals surface area (Å²) in [5, 5.41) is 4.84. The summed E-state index contributed by atoms with van der Waals surface area (Å²) in [6.07, 6.45) is 0.186. The average molecular weight is 277 g/mol. The maximum atomic E-state index is 11.3. The number of fused-ring (bicyclic) bond motifs is 1. The summed E-state index contributed by atoms with van der Waals surface area (Å²) in [4.78, 5) is 15.6. The number of carbonyl (C=O) groups excluding carboxylic acids is 1. The molecule has 0 saturated carbocycles. The number of hydrogen-bond donors (Lipinski definition) is 1. The molecular weight excluding hydrogens is 262 g/mol. The summed E-state index contributed by atoms with van der Waals surface area (Å²) >= 11 is 1.52. The van der Waals surface area contributed by atoms with Crippen LogP contribution in [-0.4, -0.2) is 23.3 Å². The number of rotatable bonds is 5. The second-order valence-corrected chi connectivity index (χ2v) is 4.96. The molecule has 19 heavy (non-hydrogen) atoms. The fraction of sp³-hybridized carbons (Fsp3) is 0.308. The van der Waals surface area contributed by atoms with Gasteiger partial charge < -0.3 is 4.74 Å². The van der Waals surface area contributed by atoms with E-state index >= 15 is 0 Å². The highest BCUT2D eigenvalue weighted by molar-refractivity contribution is 7.22. The van der Waals surface area contributed by atoms with E-state index in [0.29, 0.717) is 17.5 Å². The third-order valence-electron chi connectivity index (χ3n) is 2.34. The maximum Gasteiger partial charge on any atom is 0.311 e. The van der Waals surface area contributed by atoms with Crippen molar-refractivity contribution in [1.82, 2.24) is 4.98 Å². The van der Waals surface area contributed by atoms with Crippen LogP contribution in [0.3, 0.4) is 0 Å². The molecule has 2 rings (SSSR count). The van der Waals surface area contributed by atoms with E-state index in [0.717, 1.165) is 10.2 Å². The third kappa shape index (κ3) is 3.75. The Morgan fingerprint density at radius 3 is 3.00 bits per heavy atom. The van der Waals surface area contributed by atoms with Gasteiger partial charge in [-0.3, -0.25) is 10.2 Å². The molecule has 100 valence electrons. The fourth-order valence-corrected chi connectivity index (χ4v) is 2.33. The zero-order valence-electron chi connectivity index (χ0n) is 10.8. The van der Waals surface area contributed by atoms with Crippen LogP contribution in [0.25, 0.3) is 10.2 Å². The Morgan fingerprint density at radius 1 is 1.47 bits per heavy atom. The summed E-state index contributed by atoms with van der Waals surface area (Å²) in [6.45, 7) is 3.94.